The molecule has 1 heterocycles. The number of carbonyl (C=O) groups excluding carboxylic acids is 1. The predicted octanol–water partition coefficient (Wildman–Crippen LogP) is 8.18. The molecule has 5 aromatic rings. The average molecular weight is 521 g/mol. The smallest absolute Gasteiger partial charge is 0.251 e. The van der Waals surface area contributed by atoms with Crippen LogP contribution in [0.3, 0.4) is 0 Å². The molecular formula is C33H29ClN2O2. The van der Waals surface area contributed by atoms with E-state index in [1.165, 1.54) is 0 Å². The Morgan fingerprint density at radius 3 is 2.37 bits per heavy atom. The van der Waals surface area contributed by atoms with Gasteiger partial charge in [-0.05, 0) is 73.5 Å². The second-order valence-corrected chi connectivity index (χ2v) is 9.70. The molecule has 4 aromatic carbocycles. The summed E-state index contributed by atoms with van der Waals surface area (Å²) in [4.78, 5) is 13.2. The van der Waals surface area contributed by atoms with Crippen molar-refractivity contribution in [3.05, 3.63) is 143 Å². The summed E-state index contributed by atoms with van der Waals surface area (Å²) in [6.07, 6.45) is 0. The van der Waals surface area contributed by atoms with Crippen LogP contribution in [-0.2, 0) is 6.61 Å². The van der Waals surface area contributed by atoms with Crippen molar-refractivity contribution in [2.75, 3.05) is 0 Å². The monoisotopic (exact) mass is 520 g/mol. The fourth-order valence-corrected chi connectivity index (χ4v) is 4.72. The number of hydrogen-bond donors (Lipinski definition) is 1. The number of hydrogen-bond acceptors (Lipinski definition) is 2. The third-order valence-electron chi connectivity index (χ3n) is 6.54. The molecule has 5 heteroatoms. The number of nitrogens with zero attached hydrogens (tertiary/aromatic N) is 1. The van der Waals surface area contributed by atoms with Crippen LogP contribution >= 0.6 is 11.6 Å². The summed E-state index contributed by atoms with van der Waals surface area (Å²) in [5.41, 5.74) is 6.47. The molecule has 1 N–H and O–H groups in total. The maximum Gasteiger partial charge on any atom is 0.251 e. The minimum absolute atomic E-state index is 0.105. The zero-order valence-corrected chi connectivity index (χ0v) is 22.2. The number of rotatable bonds is 8. The Morgan fingerprint density at radius 1 is 0.868 bits per heavy atom. The third kappa shape index (κ3) is 5.66. The van der Waals surface area contributed by atoms with Gasteiger partial charge in [0.05, 0.1) is 11.7 Å². The molecule has 0 spiro atoms. The number of amides is 1. The molecule has 0 unspecified atom stereocenters. The predicted molar refractivity (Wildman–Crippen MR) is 154 cm³/mol. The number of aromatic nitrogens is 1. The maximum absolute atomic E-state index is 13.2. The van der Waals surface area contributed by atoms with E-state index < -0.39 is 0 Å². The van der Waals surface area contributed by atoms with E-state index in [2.05, 4.69) is 22.0 Å². The van der Waals surface area contributed by atoms with E-state index in [1.54, 1.807) is 0 Å². The molecule has 5 rings (SSSR count). The van der Waals surface area contributed by atoms with Crippen molar-refractivity contribution in [1.82, 2.24) is 9.88 Å². The van der Waals surface area contributed by atoms with Crippen molar-refractivity contribution in [3.8, 4) is 22.7 Å². The van der Waals surface area contributed by atoms with E-state index in [0.717, 1.165) is 39.5 Å². The highest BCUT2D eigenvalue weighted by atomic mass is 35.5. The van der Waals surface area contributed by atoms with E-state index >= 15 is 0 Å². The highest BCUT2D eigenvalue weighted by Crippen LogP contribution is 2.36. The first kappa shape index (κ1) is 25.4. The second kappa shape index (κ2) is 11.4. The third-order valence-corrected chi connectivity index (χ3v) is 6.78. The highest BCUT2D eigenvalue weighted by Gasteiger charge is 2.17. The van der Waals surface area contributed by atoms with Gasteiger partial charge in [0, 0.05) is 27.5 Å². The van der Waals surface area contributed by atoms with Crippen molar-refractivity contribution >= 4 is 17.5 Å². The molecule has 1 amide bonds. The van der Waals surface area contributed by atoms with E-state index in [9.17, 15) is 4.79 Å². The number of benzene rings is 4. The Kier molecular flexibility index (Phi) is 7.62. The van der Waals surface area contributed by atoms with Crippen LogP contribution in [-0.4, -0.2) is 10.5 Å². The van der Waals surface area contributed by atoms with Crippen molar-refractivity contribution in [3.63, 3.8) is 0 Å². The SMILES string of the molecule is Cc1ccc(-c2cc(Cl)ccc2OCc2ccccc2)n1-c1cccc(C(=O)N[C@@H](C)c2ccccc2)c1. The molecule has 0 saturated heterocycles. The highest BCUT2D eigenvalue weighted by molar-refractivity contribution is 6.31. The summed E-state index contributed by atoms with van der Waals surface area (Å²) in [5, 5.41) is 3.73. The maximum atomic E-state index is 13.2. The van der Waals surface area contributed by atoms with Gasteiger partial charge in [0.15, 0.2) is 0 Å². The van der Waals surface area contributed by atoms with Gasteiger partial charge in [-0.1, -0.05) is 78.3 Å². The molecule has 0 fully saturated rings. The molecule has 0 aliphatic carbocycles. The lowest BCUT2D eigenvalue weighted by atomic mass is 10.1. The number of ether oxygens (including phenoxy) is 1. The summed E-state index contributed by atoms with van der Waals surface area (Å²) in [6.45, 7) is 4.48. The first-order valence-corrected chi connectivity index (χ1v) is 13.0. The minimum Gasteiger partial charge on any atom is -0.488 e. The Balaban J connectivity index is 1.45. The van der Waals surface area contributed by atoms with Gasteiger partial charge in [-0.2, -0.15) is 0 Å². The molecule has 0 aliphatic rings. The number of carbonyl (C=O) groups is 1. The van der Waals surface area contributed by atoms with Crippen molar-refractivity contribution in [2.45, 2.75) is 26.5 Å². The molecule has 0 saturated carbocycles. The molecule has 0 radical (unpaired) electrons. The zero-order valence-electron chi connectivity index (χ0n) is 21.4. The van der Waals surface area contributed by atoms with Gasteiger partial charge in [0.2, 0.25) is 0 Å². The summed E-state index contributed by atoms with van der Waals surface area (Å²) in [5.74, 6) is 0.618. The first-order chi connectivity index (χ1) is 18.5. The quantitative estimate of drug-likeness (QED) is 0.224. The van der Waals surface area contributed by atoms with E-state index in [1.807, 2.05) is 117 Å². The lowest BCUT2D eigenvalue weighted by Gasteiger charge is -2.18. The van der Waals surface area contributed by atoms with E-state index in [0.29, 0.717) is 17.2 Å². The van der Waals surface area contributed by atoms with Gasteiger partial charge in [-0.3, -0.25) is 4.79 Å². The molecule has 4 nitrogen and oxygen atoms in total. The topological polar surface area (TPSA) is 43.3 Å². The minimum atomic E-state index is -0.121. The summed E-state index contributed by atoms with van der Waals surface area (Å²) in [7, 11) is 0. The van der Waals surface area contributed by atoms with Gasteiger partial charge < -0.3 is 14.6 Å². The fourth-order valence-electron chi connectivity index (χ4n) is 4.55. The Bertz CT molecular complexity index is 1540. The van der Waals surface area contributed by atoms with Crippen LogP contribution in [0.5, 0.6) is 5.75 Å². The van der Waals surface area contributed by atoms with Crippen LogP contribution in [0.15, 0.2) is 115 Å². The summed E-state index contributed by atoms with van der Waals surface area (Å²) >= 11 is 6.44. The second-order valence-electron chi connectivity index (χ2n) is 9.27. The van der Waals surface area contributed by atoms with Gasteiger partial charge in [0.25, 0.3) is 5.91 Å². The molecule has 1 aromatic heterocycles. The number of aryl methyl sites for hydroxylation is 1. The Hall–Kier alpha value is -4.28. The lowest BCUT2D eigenvalue weighted by Crippen LogP contribution is -2.26. The van der Waals surface area contributed by atoms with Crippen LogP contribution in [0.1, 0.15) is 40.1 Å². The lowest BCUT2D eigenvalue weighted by molar-refractivity contribution is 0.0940. The standard InChI is InChI=1S/C33H29ClN2O2/c1-23-16-18-31(30-21-28(34)17-19-32(30)38-22-25-10-5-3-6-11-25)36(23)29-15-9-14-27(20-29)33(37)35-24(2)26-12-7-4-8-13-26/h3-21,24H,22H2,1-2H3,(H,35,37)/t24-/m0/s1. The molecule has 190 valence electrons. The van der Waals surface area contributed by atoms with Crippen molar-refractivity contribution in [1.29, 1.82) is 0 Å². The summed E-state index contributed by atoms with van der Waals surface area (Å²) in [6, 6.07) is 37.3. The first-order valence-electron chi connectivity index (χ1n) is 12.6. The van der Waals surface area contributed by atoms with E-state index in [4.69, 9.17) is 16.3 Å². The van der Waals surface area contributed by atoms with Crippen LogP contribution in [0.4, 0.5) is 0 Å². The van der Waals surface area contributed by atoms with E-state index in [-0.39, 0.29) is 11.9 Å². The van der Waals surface area contributed by atoms with Crippen LogP contribution in [0.2, 0.25) is 5.02 Å². The molecule has 0 aliphatic heterocycles. The summed E-state index contributed by atoms with van der Waals surface area (Å²) < 4.78 is 8.37. The average Bonchev–Trinajstić information content (AvgIpc) is 3.34. The fraction of sp³-hybridized carbons (Fsp3) is 0.121. The van der Waals surface area contributed by atoms with Crippen LogP contribution in [0.25, 0.3) is 16.9 Å². The van der Waals surface area contributed by atoms with Gasteiger partial charge in [-0.25, -0.2) is 0 Å². The largest absolute Gasteiger partial charge is 0.488 e. The molecule has 1 atom stereocenters. The van der Waals surface area contributed by atoms with Crippen LogP contribution < -0.4 is 10.1 Å². The number of halogens is 1. The van der Waals surface area contributed by atoms with Gasteiger partial charge >= 0.3 is 0 Å². The Morgan fingerprint density at radius 2 is 1.61 bits per heavy atom. The van der Waals surface area contributed by atoms with Gasteiger partial charge in [-0.15, -0.1) is 0 Å². The van der Waals surface area contributed by atoms with Crippen molar-refractivity contribution in [2.24, 2.45) is 0 Å². The molecule has 0 bridgehead atoms. The van der Waals surface area contributed by atoms with Crippen molar-refractivity contribution < 1.29 is 9.53 Å². The van der Waals surface area contributed by atoms with Gasteiger partial charge in [0.1, 0.15) is 12.4 Å². The molecular weight excluding hydrogens is 492 g/mol. The normalized spacial score (nSPS) is 11.7. The molecule has 38 heavy (non-hydrogen) atoms. The zero-order chi connectivity index (χ0) is 26.5. The van der Waals surface area contributed by atoms with Crippen LogP contribution in [0, 0.1) is 6.92 Å². The number of nitrogens with one attached hydrogen (secondary N) is 1. The Labute approximate surface area is 228 Å².